The number of likely N-dealkylation sites (tertiary alicyclic amines) is 1. The highest BCUT2D eigenvalue weighted by Crippen LogP contribution is 2.17. The first kappa shape index (κ1) is 39.6. The monoisotopic (exact) mass is 543 g/mol. The number of β-amino-alcohol motifs (C(OH)–C–C–N with tert-alkyl or cyclic N) is 1. The smallest absolute Gasteiger partial charge is 0.408 e. The standard InChI is InChI=1S/C12H22N2O4.C7H11NO3.C7H14.C2H6/c1-8-5-9(15)7-14(8)10(16)6-13-11(17)18-12(2,3)4;1-3-5(2)6(7(10)11)8-4-9;1-3-5-7-6-4-2;1-2/h8-9,15H,5-7H2,1-4H3,(H,13,17);3-6H,1H2,2H3,(H,8,9)(H,10,11);3H,1,4-7H2,2H3;1-2H3. The zero-order valence-corrected chi connectivity index (χ0v) is 24.8. The minimum Gasteiger partial charge on any atom is -0.480 e. The van der Waals surface area contributed by atoms with E-state index in [-0.39, 0.29) is 24.4 Å². The maximum atomic E-state index is 11.8. The summed E-state index contributed by atoms with van der Waals surface area (Å²) in [5.74, 6) is -1.52. The fourth-order valence-electron chi connectivity index (χ4n) is 3.11. The molecule has 1 aliphatic heterocycles. The second-order valence-corrected chi connectivity index (χ2v) is 9.62. The zero-order valence-electron chi connectivity index (χ0n) is 24.8. The number of carboxylic acid groups (broad SMARTS) is 1. The first-order chi connectivity index (χ1) is 17.7. The van der Waals surface area contributed by atoms with Gasteiger partial charge in [-0.25, -0.2) is 9.59 Å². The summed E-state index contributed by atoms with van der Waals surface area (Å²) < 4.78 is 5.03. The number of aliphatic hydroxyl groups is 1. The summed E-state index contributed by atoms with van der Waals surface area (Å²) in [5, 5.41) is 22.6. The third kappa shape index (κ3) is 21.2. The van der Waals surface area contributed by atoms with Crippen LogP contribution in [0.3, 0.4) is 0 Å². The van der Waals surface area contributed by atoms with E-state index in [0.29, 0.717) is 19.4 Å². The van der Waals surface area contributed by atoms with Gasteiger partial charge in [-0.2, -0.15) is 0 Å². The Morgan fingerprint density at radius 2 is 1.76 bits per heavy atom. The SMILES string of the molecule is C=CC(C)C(NC=O)C(=O)O.C=CCCCCC.CC.CC1CC(O)CN1C(=O)CNC(=O)OC(C)(C)C. The van der Waals surface area contributed by atoms with Gasteiger partial charge in [-0.05, 0) is 47.0 Å². The predicted molar refractivity (Wildman–Crippen MR) is 152 cm³/mol. The summed E-state index contributed by atoms with van der Waals surface area (Å²) >= 11 is 0. The highest BCUT2D eigenvalue weighted by atomic mass is 16.6. The van der Waals surface area contributed by atoms with E-state index in [1.165, 1.54) is 31.8 Å². The second kappa shape index (κ2) is 23.3. The number of ether oxygens (including phenoxy) is 1. The lowest BCUT2D eigenvalue weighted by atomic mass is 10.0. The number of carbonyl (C=O) groups excluding carboxylic acids is 3. The van der Waals surface area contributed by atoms with Crippen LogP contribution in [0.4, 0.5) is 4.79 Å². The number of alkyl carbamates (subject to hydrolysis) is 1. The Kier molecular flexibility index (Phi) is 24.2. The van der Waals surface area contributed by atoms with Crippen molar-refractivity contribution < 1.29 is 34.1 Å². The molecular formula is C28H53N3O7. The lowest BCUT2D eigenvalue weighted by Crippen LogP contribution is -2.43. The van der Waals surface area contributed by atoms with E-state index < -0.39 is 29.8 Å². The fraction of sp³-hybridized carbons (Fsp3) is 0.714. The molecule has 0 aromatic carbocycles. The Balaban J connectivity index is -0.000000522. The van der Waals surface area contributed by atoms with Gasteiger partial charge in [0.15, 0.2) is 0 Å². The van der Waals surface area contributed by atoms with Gasteiger partial charge >= 0.3 is 12.1 Å². The van der Waals surface area contributed by atoms with Crippen LogP contribution in [0.25, 0.3) is 0 Å². The molecule has 0 radical (unpaired) electrons. The molecule has 1 saturated heterocycles. The van der Waals surface area contributed by atoms with Crippen molar-refractivity contribution >= 4 is 24.4 Å². The van der Waals surface area contributed by atoms with Gasteiger partial charge in [-0.15, -0.1) is 13.2 Å². The van der Waals surface area contributed by atoms with Crippen molar-refractivity contribution in [1.82, 2.24) is 15.5 Å². The number of carbonyl (C=O) groups is 4. The third-order valence-electron chi connectivity index (χ3n) is 5.08. The highest BCUT2D eigenvalue weighted by molar-refractivity contribution is 5.82. The molecule has 0 aliphatic carbocycles. The molecule has 10 heteroatoms. The summed E-state index contributed by atoms with van der Waals surface area (Å²) in [6.07, 6.45) is 8.52. The summed E-state index contributed by atoms with van der Waals surface area (Å²) in [6, 6.07) is -0.863. The topological polar surface area (TPSA) is 145 Å². The molecule has 38 heavy (non-hydrogen) atoms. The van der Waals surface area contributed by atoms with Gasteiger partial charge in [0.05, 0.1) is 6.10 Å². The Bertz CT molecular complexity index is 692. The molecule has 1 rings (SSSR count). The number of aliphatic carboxylic acids is 1. The van der Waals surface area contributed by atoms with Gasteiger partial charge in [0.2, 0.25) is 12.3 Å². The molecule has 3 amide bonds. The predicted octanol–water partition coefficient (Wildman–Crippen LogP) is 4.28. The van der Waals surface area contributed by atoms with Gasteiger partial charge in [-0.1, -0.05) is 52.7 Å². The number of amides is 3. The highest BCUT2D eigenvalue weighted by Gasteiger charge is 2.31. The van der Waals surface area contributed by atoms with Gasteiger partial charge in [0, 0.05) is 18.5 Å². The van der Waals surface area contributed by atoms with Crippen LogP contribution in [0, 0.1) is 5.92 Å². The lowest BCUT2D eigenvalue weighted by molar-refractivity contribution is -0.141. The van der Waals surface area contributed by atoms with Gasteiger partial charge in [0.25, 0.3) is 0 Å². The number of aliphatic hydroxyl groups excluding tert-OH is 1. The van der Waals surface area contributed by atoms with Crippen LogP contribution < -0.4 is 10.6 Å². The number of hydrogen-bond acceptors (Lipinski definition) is 6. The molecule has 0 saturated carbocycles. The Morgan fingerprint density at radius 1 is 1.18 bits per heavy atom. The van der Waals surface area contributed by atoms with Crippen molar-refractivity contribution in [2.45, 2.75) is 111 Å². The summed E-state index contributed by atoms with van der Waals surface area (Å²) in [5.41, 5.74) is -0.579. The molecule has 1 aliphatic rings. The second-order valence-electron chi connectivity index (χ2n) is 9.62. The normalized spacial score (nSPS) is 17.3. The Morgan fingerprint density at radius 3 is 2.13 bits per heavy atom. The van der Waals surface area contributed by atoms with E-state index >= 15 is 0 Å². The van der Waals surface area contributed by atoms with Crippen LogP contribution in [-0.4, -0.2) is 76.4 Å². The van der Waals surface area contributed by atoms with Crippen LogP contribution >= 0.6 is 0 Å². The van der Waals surface area contributed by atoms with Crippen LogP contribution in [0.1, 0.15) is 87.5 Å². The molecule has 1 fully saturated rings. The number of carboxylic acids is 1. The first-order valence-electron chi connectivity index (χ1n) is 13.3. The van der Waals surface area contributed by atoms with E-state index in [4.69, 9.17) is 9.84 Å². The van der Waals surface area contributed by atoms with Crippen LogP contribution in [-0.2, 0) is 19.1 Å². The third-order valence-corrected chi connectivity index (χ3v) is 5.08. The van der Waals surface area contributed by atoms with E-state index in [1.54, 1.807) is 32.6 Å². The van der Waals surface area contributed by atoms with Crippen molar-refractivity contribution in [3.05, 3.63) is 25.3 Å². The molecule has 4 atom stereocenters. The number of unbranched alkanes of at least 4 members (excludes halogenated alkanes) is 3. The molecule has 222 valence electrons. The summed E-state index contributed by atoms with van der Waals surface area (Å²) in [7, 11) is 0. The number of nitrogens with one attached hydrogen (secondary N) is 2. The Labute approximate surface area is 229 Å². The first-order valence-corrected chi connectivity index (χ1v) is 13.3. The fourth-order valence-corrected chi connectivity index (χ4v) is 3.11. The lowest BCUT2D eigenvalue weighted by Gasteiger charge is -2.23. The summed E-state index contributed by atoms with van der Waals surface area (Å²) in [4.78, 5) is 45.1. The van der Waals surface area contributed by atoms with Gasteiger partial charge < -0.3 is 30.5 Å². The van der Waals surface area contributed by atoms with Crippen LogP contribution in [0.5, 0.6) is 0 Å². The Hall–Kier alpha value is -2.88. The van der Waals surface area contributed by atoms with E-state index in [9.17, 15) is 24.3 Å². The van der Waals surface area contributed by atoms with Crippen molar-refractivity contribution in [3.63, 3.8) is 0 Å². The van der Waals surface area contributed by atoms with E-state index in [2.05, 4.69) is 30.7 Å². The molecular weight excluding hydrogens is 490 g/mol. The van der Waals surface area contributed by atoms with Crippen molar-refractivity contribution in [3.8, 4) is 0 Å². The maximum absolute atomic E-state index is 11.8. The quantitative estimate of drug-likeness (QED) is 0.173. The van der Waals surface area contributed by atoms with E-state index in [1.807, 2.05) is 26.8 Å². The average molecular weight is 544 g/mol. The van der Waals surface area contributed by atoms with Crippen LogP contribution in [0.15, 0.2) is 25.3 Å². The summed E-state index contributed by atoms with van der Waals surface area (Å²) in [6.45, 7) is 22.3. The maximum Gasteiger partial charge on any atom is 0.408 e. The average Bonchev–Trinajstić information content (AvgIpc) is 3.19. The minimum atomic E-state index is -1.05. The molecule has 0 aromatic rings. The van der Waals surface area contributed by atoms with Gasteiger partial charge in [0.1, 0.15) is 18.2 Å². The molecule has 4 unspecified atom stereocenters. The molecule has 0 spiro atoms. The number of allylic oxidation sites excluding steroid dienone is 1. The van der Waals surface area contributed by atoms with Crippen molar-refractivity contribution in [1.29, 1.82) is 0 Å². The van der Waals surface area contributed by atoms with Gasteiger partial charge in [-0.3, -0.25) is 9.59 Å². The molecule has 4 N–H and O–H groups in total. The minimum absolute atomic E-state index is 0.00735. The molecule has 0 aromatic heterocycles. The largest absolute Gasteiger partial charge is 0.480 e. The number of rotatable bonds is 11. The van der Waals surface area contributed by atoms with Crippen LogP contribution in [0.2, 0.25) is 0 Å². The van der Waals surface area contributed by atoms with Crippen molar-refractivity contribution in [2.75, 3.05) is 13.1 Å². The zero-order chi connectivity index (χ0) is 30.3. The number of nitrogens with zero attached hydrogens (tertiary/aromatic N) is 1. The molecule has 0 bridgehead atoms. The molecule has 1 heterocycles. The van der Waals surface area contributed by atoms with Crippen molar-refractivity contribution in [2.24, 2.45) is 5.92 Å². The molecule has 10 nitrogen and oxygen atoms in total. The van der Waals surface area contributed by atoms with E-state index in [0.717, 1.165) is 0 Å². The number of hydrogen-bond donors (Lipinski definition) is 4.